The Labute approximate surface area is 230 Å². The molecule has 5 rings (SSSR count). The van der Waals surface area contributed by atoms with Crippen molar-refractivity contribution < 1.29 is 14.0 Å². The van der Waals surface area contributed by atoms with Gasteiger partial charge >= 0.3 is 0 Å². The number of carbonyl (C=O) groups is 2. The van der Waals surface area contributed by atoms with Crippen molar-refractivity contribution in [2.45, 2.75) is 17.9 Å². The molecule has 0 saturated carbocycles. The van der Waals surface area contributed by atoms with Crippen LogP contribution in [0, 0.1) is 5.82 Å². The fraction of sp³-hybridized carbons (Fsp3) is 0.0968. The fourth-order valence-electron chi connectivity index (χ4n) is 4.15. The topological polar surface area (TPSA) is 49.4 Å². The third-order valence-corrected chi connectivity index (χ3v) is 7.50. The summed E-state index contributed by atoms with van der Waals surface area (Å²) in [6.07, 6.45) is 2.55. The average Bonchev–Trinajstić information content (AvgIpc) is 2.93. The van der Waals surface area contributed by atoms with Crippen LogP contribution in [0.1, 0.15) is 27.0 Å². The number of hydrogen-bond donors (Lipinski definition) is 1. The fourth-order valence-corrected chi connectivity index (χ4v) is 5.33. The molecule has 4 aromatic rings. The molecule has 4 nitrogen and oxygen atoms in total. The Bertz CT molecular complexity index is 1490. The van der Waals surface area contributed by atoms with E-state index in [4.69, 9.17) is 11.6 Å². The average molecular weight is 543 g/mol. The molecule has 0 aromatic heterocycles. The molecule has 0 unspecified atom stereocenters. The van der Waals surface area contributed by atoms with E-state index in [1.54, 1.807) is 29.2 Å². The maximum Gasteiger partial charge on any atom is 0.265 e. The van der Waals surface area contributed by atoms with Gasteiger partial charge in [-0.05, 0) is 77.7 Å². The Balaban J connectivity index is 1.28. The molecular formula is C31H24ClFN2O2S. The van der Waals surface area contributed by atoms with Crippen molar-refractivity contribution in [1.82, 2.24) is 5.32 Å². The second-order valence-corrected chi connectivity index (χ2v) is 10.4. The van der Waals surface area contributed by atoms with E-state index in [1.165, 1.54) is 23.9 Å². The van der Waals surface area contributed by atoms with Gasteiger partial charge in [0, 0.05) is 22.0 Å². The normalized spacial score (nSPS) is 13.9. The first-order chi connectivity index (χ1) is 18.5. The van der Waals surface area contributed by atoms with Gasteiger partial charge in [0.25, 0.3) is 11.8 Å². The van der Waals surface area contributed by atoms with Crippen LogP contribution < -0.4 is 10.2 Å². The lowest BCUT2D eigenvalue weighted by Gasteiger charge is -2.30. The summed E-state index contributed by atoms with van der Waals surface area (Å²) >= 11 is 7.34. The molecule has 0 atom stereocenters. The molecule has 1 aliphatic heterocycles. The Hall–Kier alpha value is -3.87. The Morgan fingerprint density at radius 3 is 2.32 bits per heavy atom. The van der Waals surface area contributed by atoms with Crippen molar-refractivity contribution >= 4 is 46.9 Å². The molecule has 190 valence electrons. The summed E-state index contributed by atoms with van der Waals surface area (Å²) < 4.78 is 13.4. The third kappa shape index (κ3) is 6.15. The number of benzene rings is 4. The number of amides is 2. The Morgan fingerprint density at radius 2 is 1.58 bits per heavy atom. The molecule has 2 amide bonds. The van der Waals surface area contributed by atoms with Crippen LogP contribution in [0.3, 0.4) is 0 Å². The number of thioether (sulfide) groups is 1. The zero-order valence-electron chi connectivity index (χ0n) is 20.4. The second kappa shape index (κ2) is 11.7. The largest absolute Gasteiger partial charge is 0.352 e. The lowest BCUT2D eigenvalue weighted by molar-refractivity contribution is -0.114. The zero-order chi connectivity index (χ0) is 26.5. The SMILES string of the molecule is O=C(NCCc1ccc(Cl)cc1)c1ccc(/C=C2\Sc3ccccc3N(Cc3ccc(F)cc3)C2=O)cc1. The van der Waals surface area contributed by atoms with Gasteiger partial charge in [0.2, 0.25) is 0 Å². The predicted octanol–water partition coefficient (Wildman–Crippen LogP) is 7.13. The summed E-state index contributed by atoms with van der Waals surface area (Å²) in [4.78, 5) is 29.3. The molecule has 0 bridgehead atoms. The van der Waals surface area contributed by atoms with Crippen molar-refractivity contribution in [1.29, 1.82) is 0 Å². The molecule has 38 heavy (non-hydrogen) atoms. The van der Waals surface area contributed by atoms with Crippen LogP contribution in [0.2, 0.25) is 5.02 Å². The monoisotopic (exact) mass is 542 g/mol. The van der Waals surface area contributed by atoms with Gasteiger partial charge in [-0.1, -0.05) is 71.9 Å². The summed E-state index contributed by atoms with van der Waals surface area (Å²) in [6.45, 7) is 0.851. The highest BCUT2D eigenvalue weighted by molar-refractivity contribution is 8.04. The molecule has 1 aliphatic rings. The molecule has 4 aromatic carbocycles. The van der Waals surface area contributed by atoms with Crippen molar-refractivity contribution in [2.24, 2.45) is 0 Å². The highest BCUT2D eigenvalue weighted by Gasteiger charge is 2.29. The summed E-state index contributed by atoms with van der Waals surface area (Å²) in [6, 6.07) is 28.7. The first kappa shape index (κ1) is 25.8. The molecule has 1 N–H and O–H groups in total. The number of hydrogen-bond acceptors (Lipinski definition) is 3. The Morgan fingerprint density at radius 1 is 0.895 bits per heavy atom. The maximum absolute atomic E-state index is 13.5. The van der Waals surface area contributed by atoms with Gasteiger partial charge in [0.15, 0.2) is 0 Å². The van der Waals surface area contributed by atoms with E-state index in [0.29, 0.717) is 35.0 Å². The van der Waals surface area contributed by atoms with E-state index in [0.717, 1.165) is 27.3 Å². The number of carbonyl (C=O) groups excluding carboxylic acids is 2. The number of para-hydroxylation sites is 1. The van der Waals surface area contributed by atoms with Crippen LogP contribution in [0.15, 0.2) is 107 Å². The summed E-state index contributed by atoms with van der Waals surface area (Å²) in [5.74, 6) is -0.586. The van der Waals surface area contributed by atoms with Gasteiger partial charge in [-0.2, -0.15) is 0 Å². The molecule has 0 fully saturated rings. The predicted molar refractivity (Wildman–Crippen MR) is 152 cm³/mol. The van der Waals surface area contributed by atoms with Crippen LogP contribution in [0.25, 0.3) is 6.08 Å². The van der Waals surface area contributed by atoms with E-state index < -0.39 is 0 Å². The third-order valence-electron chi connectivity index (χ3n) is 6.17. The van der Waals surface area contributed by atoms with Gasteiger partial charge in [0.05, 0.1) is 17.1 Å². The number of nitrogens with zero attached hydrogens (tertiary/aromatic N) is 1. The van der Waals surface area contributed by atoms with Gasteiger partial charge in [-0.25, -0.2) is 4.39 Å². The number of fused-ring (bicyclic) bond motifs is 1. The summed E-state index contributed by atoms with van der Waals surface area (Å²) in [7, 11) is 0. The number of anilines is 1. The maximum atomic E-state index is 13.5. The molecule has 0 radical (unpaired) electrons. The molecule has 1 heterocycles. The van der Waals surface area contributed by atoms with Gasteiger partial charge in [0.1, 0.15) is 5.82 Å². The lowest BCUT2D eigenvalue weighted by atomic mass is 10.1. The van der Waals surface area contributed by atoms with Crippen LogP contribution in [-0.4, -0.2) is 18.4 Å². The van der Waals surface area contributed by atoms with Gasteiger partial charge < -0.3 is 10.2 Å². The molecule has 7 heteroatoms. The van der Waals surface area contributed by atoms with E-state index in [9.17, 15) is 14.0 Å². The first-order valence-electron chi connectivity index (χ1n) is 12.1. The van der Waals surface area contributed by atoms with Crippen molar-refractivity contribution in [2.75, 3.05) is 11.4 Å². The Kier molecular flexibility index (Phi) is 7.91. The van der Waals surface area contributed by atoms with Crippen LogP contribution in [0.5, 0.6) is 0 Å². The van der Waals surface area contributed by atoms with E-state index in [1.807, 2.05) is 66.7 Å². The number of rotatable bonds is 7. The van der Waals surface area contributed by atoms with Crippen molar-refractivity contribution in [3.8, 4) is 0 Å². The van der Waals surface area contributed by atoms with Crippen LogP contribution in [-0.2, 0) is 17.8 Å². The number of nitrogens with one attached hydrogen (secondary N) is 1. The quantitative estimate of drug-likeness (QED) is 0.253. The van der Waals surface area contributed by atoms with E-state index >= 15 is 0 Å². The summed E-state index contributed by atoms with van der Waals surface area (Å²) in [5, 5.41) is 3.62. The van der Waals surface area contributed by atoms with Crippen molar-refractivity contribution in [3.05, 3.63) is 135 Å². The van der Waals surface area contributed by atoms with E-state index in [-0.39, 0.29) is 17.6 Å². The highest BCUT2D eigenvalue weighted by Crippen LogP contribution is 2.42. The molecule has 0 saturated heterocycles. The zero-order valence-corrected chi connectivity index (χ0v) is 21.9. The number of halogens is 2. The van der Waals surface area contributed by atoms with Crippen LogP contribution in [0.4, 0.5) is 10.1 Å². The smallest absolute Gasteiger partial charge is 0.265 e. The van der Waals surface area contributed by atoms with Gasteiger partial charge in [-0.3, -0.25) is 9.59 Å². The van der Waals surface area contributed by atoms with E-state index in [2.05, 4.69) is 5.32 Å². The molecule has 0 spiro atoms. The summed E-state index contributed by atoms with van der Waals surface area (Å²) in [5.41, 5.74) is 4.14. The van der Waals surface area contributed by atoms with Crippen LogP contribution >= 0.6 is 23.4 Å². The molecule has 0 aliphatic carbocycles. The second-order valence-electron chi connectivity index (χ2n) is 8.85. The van der Waals surface area contributed by atoms with Crippen molar-refractivity contribution in [3.63, 3.8) is 0 Å². The lowest BCUT2D eigenvalue weighted by Crippen LogP contribution is -2.33. The highest BCUT2D eigenvalue weighted by atomic mass is 35.5. The van der Waals surface area contributed by atoms with Gasteiger partial charge in [-0.15, -0.1) is 0 Å². The molecular weight excluding hydrogens is 519 g/mol. The first-order valence-corrected chi connectivity index (χ1v) is 13.3. The minimum absolute atomic E-state index is 0.123. The standard InChI is InChI=1S/C31H24ClFN2O2S/c32-25-13-7-21(8-14-25)17-18-34-30(36)24-11-5-22(6-12-24)19-29-31(37)35(20-23-9-15-26(33)16-10-23)27-3-1-2-4-28(27)38-29/h1-16,19H,17-18,20H2,(H,34,36)/b29-19-. The minimum Gasteiger partial charge on any atom is -0.352 e. The minimum atomic E-state index is -0.311.